The number of nitrogens with zero attached hydrogens (tertiary/aromatic N) is 4. The minimum atomic E-state index is -1.20. The lowest BCUT2D eigenvalue weighted by molar-refractivity contribution is -0.384. The maximum Gasteiger partial charge on any atom is 0.352 e. The summed E-state index contributed by atoms with van der Waals surface area (Å²) in [6.07, 6.45) is 4.51. The summed E-state index contributed by atoms with van der Waals surface area (Å²) in [5, 5.41) is 23.6. The van der Waals surface area contributed by atoms with Crippen LogP contribution in [0, 0.1) is 10.1 Å². The van der Waals surface area contributed by atoms with Crippen LogP contribution in [0.5, 0.6) is 0 Å². The van der Waals surface area contributed by atoms with Crippen LogP contribution < -0.4 is 0 Å². The zero-order valence-corrected chi connectivity index (χ0v) is 9.48. The van der Waals surface area contributed by atoms with Crippen LogP contribution in [-0.4, -0.2) is 30.3 Å². The lowest BCUT2D eigenvalue weighted by atomic mass is 10.3. The molecule has 2 heterocycles. The fourth-order valence-corrected chi connectivity index (χ4v) is 1.65. The summed E-state index contributed by atoms with van der Waals surface area (Å²) in [5.41, 5.74) is 0.410. The van der Waals surface area contributed by atoms with E-state index in [4.69, 9.17) is 5.11 Å². The lowest BCUT2D eigenvalue weighted by Crippen LogP contribution is -2.08. The number of aromatic carboxylic acids is 1. The number of carboxylic acids is 1. The highest BCUT2D eigenvalue weighted by molar-refractivity contribution is 5.86. The molecule has 0 aliphatic carbocycles. The molecule has 0 spiro atoms. The van der Waals surface area contributed by atoms with Crippen molar-refractivity contribution in [2.75, 3.05) is 0 Å². The van der Waals surface area contributed by atoms with Gasteiger partial charge in [-0.3, -0.25) is 14.8 Å². The van der Waals surface area contributed by atoms with Gasteiger partial charge in [-0.1, -0.05) is 0 Å². The third-order valence-corrected chi connectivity index (χ3v) is 2.42. The number of rotatable bonds is 4. The average molecular weight is 250 g/mol. The molecule has 0 amide bonds. The van der Waals surface area contributed by atoms with E-state index in [2.05, 4.69) is 5.10 Å². The van der Waals surface area contributed by atoms with Gasteiger partial charge >= 0.3 is 5.97 Å². The van der Waals surface area contributed by atoms with Crippen LogP contribution >= 0.6 is 0 Å². The van der Waals surface area contributed by atoms with Gasteiger partial charge in [0.25, 0.3) is 5.69 Å². The highest BCUT2D eigenvalue weighted by Crippen LogP contribution is 2.17. The Balaban J connectivity index is 2.36. The first-order chi connectivity index (χ1) is 8.47. The number of hydrogen-bond acceptors (Lipinski definition) is 4. The van der Waals surface area contributed by atoms with Crippen LogP contribution in [0.15, 0.2) is 24.7 Å². The predicted molar refractivity (Wildman–Crippen MR) is 60.4 cm³/mol. The molecule has 0 aliphatic heterocycles. The molecule has 94 valence electrons. The van der Waals surface area contributed by atoms with Gasteiger partial charge in [-0.15, -0.1) is 0 Å². The Bertz CT molecular complexity index is 613. The third kappa shape index (κ3) is 2.21. The highest BCUT2D eigenvalue weighted by atomic mass is 16.6. The first kappa shape index (κ1) is 11.8. The van der Waals surface area contributed by atoms with Crippen molar-refractivity contribution in [1.82, 2.24) is 14.3 Å². The van der Waals surface area contributed by atoms with Crippen molar-refractivity contribution in [2.24, 2.45) is 7.05 Å². The lowest BCUT2D eigenvalue weighted by Gasteiger charge is -2.02. The molecule has 8 nitrogen and oxygen atoms in total. The number of aromatic nitrogens is 3. The summed E-state index contributed by atoms with van der Waals surface area (Å²) in [5.74, 6) is -1.20. The number of hydrogen-bond donors (Lipinski definition) is 1. The van der Waals surface area contributed by atoms with Gasteiger partial charge in [0.05, 0.1) is 23.9 Å². The van der Waals surface area contributed by atoms with Crippen molar-refractivity contribution in [2.45, 2.75) is 6.54 Å². The van der Waals surface area contributed by atoms with E-state index in [1.165, 1.54) is 10.8 Å². The second kappa shape index (κ2) is 4.32. The molecule has 0 aromatic carbocycles. The van der Waals surface area contributed by atoms with Gasteiger partial charge in [-0.2, -0.15) is 5.10 Å². The van der Waals surface area contributed by atoms with Gasteiger partial charge in [-0.25, -0.2) is 4.79 Å². The molecule has 2 aromatic rings. The number of carbonyl (C=O) groups is 1. The fourth-order valence-electron chi connectivity index (χ4n) is 1.65. The zero-order valence-electron chi connectivity index (χ0n) is 9.48. The van der Waals surface area contributed by atoms with Crippen LogP contribution in [0.3, 0.4) is 0 Å². The molecule has 0 unspecified atom stereocenters. The molecule has 2 rings (SSSR count). The van der Waals surface area contributed by atoms with Gasteiger partial charge in [-0.05, 0) is 0 Å². The van der Waals surface area contributed by atoms with E-state index >= 15 is 0 Å². The fraction of sp³-hybridized carbons (Fsp3) is 0.200. The average Bonchev–Trinajstić information content (AvgIpc) is 2.85. The van der Waals surface area contributed by atoms with E-state index in [0.717, 1.165) is 11.6 Å². The summed E-state index contributed by atoms with van der Waals surface area (Å²) in [7, 11) is 1.74. The Labute approximate surface area is 101 Å². The van der Waals surface area contributed by atoms with Crippen molar-refractivity contribution in [3.05, 3.63) is 46.0 Å². The maximum atomic E-state index is 11.0. The van der Waals surface area contributed by atoms with Crippen LogP contribution in [-0.2, 0) is 13.6 Å². The smallest absolute Gasteiger partial charge is 0.352 e. The predicted octanol–water partition coefficient (Wildman–Crippen LogP) is 0.876. The first-order valence-electron chi connectivity index (χ1n) is 5.03. The SMILES string of the molecule is Cn1cc(Cn2cc([N+](=O)[O-])cc2C(=O)O)cn1. The molecule has 18 heavy (non-hydrogen) atoms. The van der Waals surface area contributed by atoms with Crippen LogP contribution in [0.1, 0.15) is 16.1 Å². The number of carboxylic acid groups (broad SMARTS) is 1. The quantitative estimate of drug-likeness (QED) is 0.640. The van der Waals surface area contributed by atoms with E-state index < -0.39 is 10.9 Å². The van der Waals surface area contributed by atoms with Gasteiger partial charge in [0.2, 0.25) is 0 Å². The summed E-state index contributed by atoms with van der Waals surface area (Å²) < 4.78 is 2.89. The molecule has 2 aromatic heterocycles. The Hall–Kier alpha value is -2.64. The van der Waals surface area contributed by atoms with E-state index in [9.17, 15) is 14.9 Å². The highest BCUT2D eigenvalue weighted by Gasteiger charge is 2.18. The third-order valence-electron chi connectivity index (χ3n) is 2.42. The van der Waals surface area contributed by atoms with Crippen LogP contribution in [0.4, 0.5) is 5.69 Å². The van der Waals surface area contributed by atoms with E-state index in [1.54, 1.807) is 24.1 Å². The van der Waals surface area contributed by atoms with Gasteiger partial charge in [0.15, 0.2) is 0 Å². The molecule has 0 saturated carbocycles. The van der Waals surface area contributed by atoms with Crippen molar-refractivity contribution in [3.8, 4) is 0 Å². The number of aryl methyl sites for hydroxylation is 1. The Morgan fingerprint density at radius 2 is 2.28 bits per heavy atom. The van der Waals surface area contributed by atoms with Crippen LogP contribution in [0.25, 0.3) is 0 Å². The summed E-state index contributed by atoms with van der Waals surface area (Å²) in [4.78, 5) is 21.0. The van der Waals surface area contributed by atoms with E-state index in [0.29, 0.717) is 0 Å². The molecule has 0 fully saturated rings. The molecule has 0 bridgehead atoms. The van der Waals surface area contributed by atoms with Crippen LogP contribution in [0.2, 0.25) is 0 Å². The monoisotopic (exact) mass is 250 g/mol. The Morgan fingerprint density at radius 3 is 2.78 bits per heavy atom. The Kier molecular flexibility index (Phi) is 2.84. The molecular formula is C10H10N4O4. The van der Waals surface area contributed by atoms with Gasteiger partial charge in [0.1, 0.15) is 5.69 Å². The van der Waals surface area contributed by atoms with Crippen molar-refractivity contribution in [1.29, 1.82) is 0 Å². The maximum absolute atomic E-state index is 11.0. The van der Waals surface area contributed by atoms with E-state index in [1.807, 2.05) is 0 Å². The molecule has 0 saturated heterocycles. The molecule has 0 radical (unpaired) electrons. The van der Waals surface area contributed by atoms with Crippen molar-refractivity contribution in [3.63, 3.8) is 0 Å². The summed E-state index contributed by atoms with van der Waals surface area (Å²) in [6.45, 7) is 0.226. The molecule has 8 heteroatoms. The zero-order chi connectivity index (χ0) is 13.3. The molecular weight excluding hydrogens is 240 g/mol. The molecule has 0 atom stereocenters. The number of nitro groups is 1. The Morgan fingerprint density at radius 1 is 1.56 bits per heavy atom. The van der Waals surface area contributed by atoms with Crippen molar-refractivity contribution >= 4 is 11.7 Å². The van der Waals surface area contributed by atoms with Gasteiger partial charge < -0.3 is 9.67 Å². The molecule has 1 N–H and O–H groups in total. The summed E-state index contributed by atoms with van der Waals surface area (Å²) >= 11 is 0. The topological polar surface area (TPSA) is 103 Å². The van der Waals surface area contributed by atoms with Gasteiger partial charge in [0, 0.05) is 24.9 Å². The largest absolute Gasteiger partial charge is 0.477 e. The van der Waals surface area contributed by atoms with E-state index in [-0.39, 0.29) is 17.9 Å². The standard InChI is InChI=1S/C10H10N4O4/c1-12-4-7(3-11-12)5-13-6-8(14(17)18)2-9(13)10(15)16/h2-4,6H,5H2,1H3,(H,15,16). The first-order valence-corrected chi connectivity index (χ1v) is 5.03. The van der Waals surface area contributed by atoms with Crippen molar-refractivity contribution < 1.29 is 14.8 Å². The summed E-state index contributed by atoms with van der Waals surface area (Å²) in [6, 6.07) is 1.04. The second-order valence-electron chi connectivity index (χ2n) is 3.80. The molecule has 0 aliphatic rings. The minimum Gasteiger partial charge on any atom is -0.477 e. The minimum absolute atomic E-state index is 0.120. The normalized spacial score (nSPS) is 10.5. The second-order valence-corrected chi connectivity index (χ2v) is 3.80.